The zero-order valence-electron chi connectivity index (χ0n) is 11.8. The van der Waals surface area contributed by atoms with Crippen molar-refractivity contribution >= 4 is 33.2 Å². The quantitative estimate of drug-likeness (QED) is 0.895. The molecule has 0 radical (unpaired) electrons. The molecular weight excluding hydrogens is 335 g/mol. The molecule has 1 aromatic rings. The molecule has 2 rings (SSSR count). The maximum absolute atomic E-state index is 12.8. The van der Waals surface area contributed by atoms with E-state index < -0.39 is 16.1 Å². The van der Waals surface area contributed by atoms with Gasteiger partial charge in [-0.1, -0.05) is 29.3 Å². The van der Waals surface area contributed by atoms with Crippen LogP contribution >= 0.6 is 23.2 Å². The van der Waals surface area contributed by atoms with E-state index in [1.165, 1.54) is 10.4 Å². The highest BCUT2D eigenvalue weighted by atomic mass is 35.5. The van der Waals surface area contributed by atoms with Crippen molar-refractivity contribution in [1.29, 1.82) is 0 Å². The van der Waals surface area contributed by atoms with Crippen molar-refractivity contribution in [2.45, 2.75) is 23.5 Å². The summed E-state index contributed by atoms with van der Waals surface area (Å²) in [6.45, 7) is 0.609. The highest BCUT2D eigenvalue weighted by Gasteiger charge is 2.40. The standard InChI is InChI=1S/C13H18Cl2N2O3S/c1-16(2)7-9-6-10(18)8-17(9)21(19,20)12-5-3-4-11(14)13(12)15/h3-5,9-10,18H,6-8H2,1-2H3. The lowest BCUT2D eigenvalue weighted by molar-refractivity contribution is 0.188. The molecule has 1 aliphatic heterocycles. The van der Waals surface area contributed by atoms with Crippen LogP contribution in [0.25, 0.3) is 0 Å². The second-order valence-electron chi connectivity index (χ2n) is 5.43. The van der Waals surface area contributed by atoms with Crippen molar-refractivity contribution in [1.82, 2.24) is 9.21 Å². The van der Waals surface area contributed by atoms with E-state index in [4.69, 9.17) is 23.2 Å². The average Bonchev–Trinajstić information content (AvgIpc) is 2.73. The van der Waals surface area contributed by atoms with Crippen molar-refractivity contribution < 1.29 is 13.5 Å². The molecule has 1 N–H and O–H groups in total. The number of sulfonamides is 1. The van der Waals surface area contributed by atoms with Crippen LogP contribution < -0.4 is 0 Å². The van der Waals surface area contributed by atoms with E-state index in [-0.39, 0.29) is 27.5 Å². The van der Waals surface area contributed by atoms with Crippen molar-refractivity contribution in [3.05, 3.63) is 28.2 Å². The summed E-state index contributed by atoms with van der Waals surface area (Å²) in [6.07, 6.45) is -0.252. The highest BCUT2D eigenvalue weighted by molar-refractivity contribution is 7.89. The van der Waals surface area contributed by atoms with Gasteiger partial charge in [-0.2, -0.15) is 4.31 Å². The minimum absolute atomic E-state index is 0.0177. The van der Waals surface area contributed by atoms with E-state index in [1.807, 2.05) is 19.0 Å². The molecule has 0 spiro atoms. The number of nitrogens with zero attached hydrogens (tertiary/aromatic N) is 2. The van der Waals surface area contributed by atoms with Gasteiger partial charge in [0, 0.05) is 19.1 Å². The summed E-state index contributed by atoms with van der Waals surface area (Å²) in [5, 5.41) is 10.0. The van der Waals surface area contributed by atoms with E-state index in [1.54, 1.807) is 12.1 Å². The lowest BCUT2D eigenvalue weighted by Gasteiger charge is -2.26. The van der Waals surface area contributed by atoms with E-state index >= 15 is 0 Å². The van der Waals surface area contributed by atoms with Gasteiger partial charge in [-0.3, -0.25) is 0 Å². The number of hydrogen-bond acceptors (Lipinski definition) is 4. The number of aliphatic hydroxyl groups is 1. The number of hydrogen-bond donors (Lipinski definition) is 1. The second-order valence-corrected chi connectivity index (χ2v) is 8.08. The van der Waals surface area contributed by atoms with Gasteiger partial charge in [0.15, 0.2) is 0 Å². The lowest BCUT2D eigenvalue weighted by atomic mass is 10.2. The van der Waals surface area contributed by atoms with Gasteiger partial charge in [0.2, 0.25) is 10.0 Å². The molecule has 1 saturated heterocycles. The van der Waals surface area contributed by atoms with Crippen LogP contribution in [0.1, 0.15) is 6.42 Å². The number of aliphatic hydroxyl groups excluding tert-OH is 1. The van der Waals surface area contributed by atoms with Gasteiger partial charge in [-0.25, -0.2) is 8.42 Å². The van der Waals surface area contributed by atoms with Gasteiger partial charge in [-0.15, -0.1) is 0 Å². The van der Waals surface area contributed by atoms with E-state index in [0.717, 1.165) is 0 Å². The number of benzene rings is 1. The summed E-state index contributed by atoms with van der Waals surface area (Å²) in [6, 6.07) is 4.24. The Morgan fingerprint density at radius 1 is 1.38 bits per heavy atom. The molecule has 21 heavy (non-hydrogen) atoms. The molecule has 2 unspecified atom stereocenters. The van der Waals surface area contributed by atoms with Crippen LogP contribution in [0.5, 0.6) is 0 Å². The largest absolute Gasteiger partial charge is 0.392 e. The van der Waals surface area contributed by atoms with E-state index in [0.29, 0.717) is 13.0 Å². The van der Waals surface area contributed by atoms with Crippen molar-refractivity contribution in [2.24, 2.45) is 0 Å². The molecule has 0 aliphatic carbocycles. The van der Waals surface area contributed by atoms with Crippen LogP contribution in [-0.2, 0) is 10.0 Å². The average molecular weight is 353 g/mol. The van der Waals surface area contributed by atoms with Crippen LogP contribution in [0.2, 0.25) is 10.0 Å². The molecule has 1 fully saturated rings. The summed E-state index contributed by atoms with van der Waals surface area (Å²) in [7, 11) is -0.0634. The molecule has 2 atom stereocenters. The Morgan fingerprint density at radius 3 is 2.67 bits per heavy atom. The fourth-order valence-electron chi connectivity index (χ4n) is 2.55. The Bertz CT molecular complexity index is 622. The third-order valence-corrected chi connectivity index (χ3v) is 6.31. The fraction of sp³-hybridized carbons (Fsp3) is 0.538. The van der Waals surface area contributed by atoms with Crippen LogP contribution in [0, 0.1) is 0 Å². The van der Waals surface area contributed by atoms with Gasteiger partial charge >= 0.3 is 0 Å². The number of likely N-dealkylation sites (N-methyl/N-ethyl adjacent to an activating group) is 1. The topological polar surface area (TPSA) is 60.9 Å². The Hall–Kier alpha value is -0.370. The van der Waals surface area contributed by atoms with Gasteiger partial charge in [-0.05, 0) is 32.6 Å². The Kier molecular flexibility index (Phi) is 5.18. The Morgan fingerprint density at radius 2 is 2.05 bits per heavy atom. The summed E-state index contributed by atoms with van der Waals surface area (Å²) in [4.78, 5) is 1.87. The number of rotatable bonds is 4. The number of halogens is 2. The summed E-state index contributed by atoms with van der Waals surface area (Å²) in [5.74, 6) is 0. The third kappa shape index (κ3) is 3.52. The predicted octanol–water partition coefficient (Wildman–Crippen LogP) is 1.68. The predicted molar refractivity (Wildman–Crippen MR) is 83.3 cm³/mol. The first-order valence-electron chi connectivity index (χ1n) is 6.52. The first-order valence-corrected chi connectivity index (χ1v) is 8.71. The molecule has 1 aliphatic rings. The van der Waals surface area contributed by atoms with E-state index in [9.17, 15) is 13.5 Å². The molecule has 5 nitrogen and oxygen atoms in total. The zero-order valence-corrected chi connectivity index (χ0v) is 14.2. The summed E-state index contributed by atoms with van der Waals surface area (Å²) >= 11 is 11.9. The van der Waals surface area contributed by atoms with Crippen molar-refractivity contribution in [3.63, 3.8) is 0 Å². The van der Waals surface area contributed by atoms with Crippen LogP contribution in [0.4, 0.5) is 0 Å². The molecule has 0 aromatic heterocycles. The van der Waals surface area contributed by atoms with Gasteiger partial charge in [0.25, 0.3) is 0 Å². The molecule has 118 valence electrons. The first kappa shape index (κ1) is 17.0. The first-order chi connectivity index (χ1) is 9.73. The molecule has 0 amide bonds. The third-order valence-electron chi connectivity index (χ3n) is 3.42. The molecule has 1 heterocycles. The Balaban J connectivity index is 2.40. The SMILES string of the molecule is CN(C)CC1CC(O)CN1S(=O)(=O)c1cccc(Cl)c1Cl. The van der Waals surface area contributed by atoms with Gasteiger partial charge in [0.05, 0.1) is 16.1 Å². The molecule has 0 saturated carbocycles. The Labute approximate surface area is 135 Å². The van der Waals surface area contributed by atoms with Gasteiger partial charge < -0.3 is 10.0 Å². The smallest absolute Gasteiger partial charge is 0.244 e. The molecule has 8 heteroatoms. The van der Waals surface area contributed by atoms with E-state index in [2.05, 4.69) is 0 Å². The maximum atomic E-state index is 12.8. The van der Waals surface area contributed by atoms with Gasteiger partial charge in [0.1, 0.15) is 4.90 Å². The fourth-order valence-corrected chi connectivity index (χ4v) is 4.96. The maximum Gasteiger partial charge on any atom is 0.244 e. The second kappa shape index (κ2) is 6.40. The minimum atomic E-state index is -3.79. The zero-order chi connectivity index (χ0) is 15.8. The van der Waals surface area contributed by atoms with Crippen LogP contribution in [0.3, 0.4) is 0 Å². The van der Waals surface area contributed by atoms with Crippen LogP contribution in [0.15, 0.2) is 23.1 Å². The van der Waals surface area contributed by atoms with Crippen LogP contribution in [-0.4, -0.2) is 62.1 Å². The molecule has 0 bridgehead atoms. The highest BCUT2D eigenvalue weighted by Crippen LogP contribution is 2.34. The summed E-state index contributed by atoms with van der Waals surface area (Å²) < 4.78 is 26.9. The minimum Gasteiger partial charge on any atom is -0.392 e. The number of β-amino-alcohol motifs (C(OH)–C–C–N with tert-alkyl or cyclic N) is 1. The molecule has 1 aromatic carbocycles. The summed E-state index contributed by atoms with van der Waals surface area (Å²) in [5.41, 5.74) is 0. The van der Waals surface area contributed by atoms with Crippen molar-refractivity contribution in [3.8, 4) is 0 Å². The normalized spacial score (nSPS) is 23.9. The van der Waals surface area contributed by atoms with Crippen molar-refractivity contribution in [2.75, 3.05) is 27.2 Å². The lowest BCUT2D eigenvalue weighted by Crippen LogP contribution is -2.41. The monoisotopic (exact) mass is 352 g/mol. The molecular formula is C13H18Cl2N2O3S.